The molecule has 0 fully saturated rings. The van der Waals surface area contributed by atoms with E-state index in [1.54, 1.807) is 6.08 Å². The summed E-state index contributed by atoms with van der Waals surface area (Å²) in [7, 11) is 1.35. The highest BCUT2D eigenvalue weighted by molar-refractivity contribution is 5.87. The Bertz CT molecular complexity index is 486. The molecule has 0 atom stereocenters. The number of ketones is 1. The number of esters is 1. The second kappa shape index (κ2) is 4.95. The molecule has 1 aromatic carbocycles. The van der Waals surface area contributed by atoms with E-state index in [-0.39, 0.29) is 5.97 Å². The molecule has 0 unspecified atom stereocenters. The molecule has 0 saturated carbocycles. The molecule has 0 bridgehead atoms. The fourth-order valence-electron chi connectivity index (χ4n) is 1.96. The van der Waals surface area contributed by atoms with Gasteiger partial charge in [-0.15, -0.1) is 0 Å². The molecule has 3 heteroatoms. The van der Waals surface area contributed by atoms with E-state index < -0.39 is 0 Å². The van der Waals surface area contributed by atoms with Crippen molar-refractivity contribution < 1.29 is 14.3 Å². The monoisotopic (exact) mass is 230 g/mol. The molecule has 3 nitrogen and oxygen atoms in total. The van der Waals surface area contributed by atoms with E-state index in [1.807, 2.05) is 18.2 Å². The molecular formula is C14H14O3. The third-order valence-electron chi connectivity index (χ3n) is 2.90. The van der Waals surface area contributed by atoms with Crippen LogP contribution in [0.5, 0.6) is 0 Å². The molecular weight excluding hydrogens is 216 g/mol. The number of aryl methyl sites for hydroxylation is 1. The molecule has 0 saturated heterocycles. The number of hydrogen-bond donors (Lipinski definition) is 0. The van der Waals surface area contributed by atoms with Gasteiger partial charge in [0.2, 0.25) is 0 Å². The maximum atomic E-state index is 11.3. The zero-order valence-corrected chi connectivity index (χ0v) is 9.73. The number of carbonyl (C=O) groups excluding carboxylic acids is 2. The Labute approximate surface area is 100 Å². The van der Waals surface area contributed by atoms with Gasteiger partial charge >= 0.3 is 5.97 Å². The van der Waals surface area contributed by atoms with Gasteiger partial charge in [0.1, 0.15) is 5.78 Å². The summed E-state index contributed by atoms with van der Waals surface area (Å²) in [6.45, 7) is 0. The van der Waals surface area contributed by atoms with Gasteiger partial charge in [-0.05, 0) is 29.2 Å². The first kappa shape index (κ1) is 11.6. The number of Topliss-reactive ketones (excluding diaryl/α,β-unsaturated/α-hetero) is 1. The van der Waals surface area contributed by atoms with Gasteiger partial charge in [-0.2, -0.15) is 0 Å². The van der Waals surface area contributed by atoms with Crippen LogP contribution < -0.4 is 0 Å². The third kappa shape index (κ3) is 2.81. The molecule has 0 aromatic heterocycles. The Morgan fingerprint density at radius 1 is 1.29 bits per heavy atom. The number of ether oxygens (including phenoxy) is 1. The summed E-state index contributed by atoms with van der Waals surface area (Å²) in [6.07, 6.45) is 5.08. The minimum Gasteiger partial charge on any atom is -0.466 e. The highest BCUT2D eigenvalue weighted by Gasteiger charge is 2.14. The van der Waals surface area contributed by atoms with Gasteiger partial charge in [0.25, 0.3) is 0 Å². The van der Waals surface area contributed by atoms with Crippen LogP contribution in [0.2, 0.25) is 0 Å². The van der Waals surface area contributed by atoms with E-state index in [0.29, 0.717) is 18.6 Å². The highest BCUT2D eigenvalue weighted by Crippen LogP contribution is 2.21. The Balaban J connectivity index is 2.19. The van der Waals surface area contributed by atoms with Crippen molar-refractivity contribution in [1.29, 1.82) is 0 Å². The van der Waals surface area contributed by atoms with E-state index >= 15 is 0 Å². The highest BCUT2D eigenvalue weighted by atomic mass is 16.5. The lowest BCUT2D eigenvalue weighted by atomic mass is 9.89. The van der Waals surface area contributed by atoms with Crippen molar-refractivity contribution in [2.75, 3.05) is 7.11 Å². The summed E-state index contributed by atoms with van der Waals surface area (Å²) in [5, 5.41) is 0. The lowest BCUT2D eigenvalue weighted by Gasteiger charge is -2.14. The Morgan fingerprint density at radius 3 is 2.88 bits per heavy atom. The van der Waals surface area contributed by atoms with Crippen LogP contribution in [-0.4, -0.2) is 18.9 Å². The van der Waals surface area contributed by atoms with Crippen LogP contribution in [0.25, 0.3) is 6.08 Å². The quantitative estimate of drug-likeness (QED) is 0.576. The molecule has 0 amide bonds. The molecule has 1 aliphatic carbocycles. The minimum atomic E-state index is -0.363. The van der Waals surface area contributed by atoms with Gasteiger partial charge in [0.05, 0.1) is 7.11 Å². The first-order valence-electron chi connectivity index (χ1n) is 5.58. The van der Waals surface area contributed by atoms with Crippen molar-refractivity contribution in [2.24, 2.45) is 0 Å². The standard InChI is InChI=1S/C14H14O3/c1-17-14(16)7-3-10-2-4-12-9-13(15)6-5-11(12)8-10/h2-4,7-8H,5-6,9H2,1H3. The number of benzene rings is 1. The van der Waals surface area contributed by atoms with Crippen molar-refractivity contribution in [3.63, 3.8) is 0 Å². The second-order valence-electron chi connectivity index (χ2n) is 4.10. The van der Waals surface area contributed by atoms with E-state index in [1.165, 1.54) is 18.7 Å². The van der Waals surface area contributed by atoms with Gasteiger partial charge in [0, 0.05) is 18.9 Å². The Kier molecular flexibility index (Phi) is 3.38. The predicted molar refractivity (Wildman–Crippen MR) is 64.5 cm³/mol. The van der Waals surface area contributed by atoms with Crippen molar-refractivity contribution >= 4 is 17.8 Å². The van der Waals surface area contributed by atoms with Crippen LogP contribution in [0.1, 0.15) is 23.1 Å². The van der Waals surface area contributed by atoms with Crippen molar-refractivity contribution in [3.8, 4) is 0 Å². The summed E-state index contributed by atoms with van der Waals surface area (Å²) < 4.78 is 4.53. The molecule has 2 rings (SSSR count). The van der Waals surface area contributed by atoms with Crippen LogP contribution in [-0.2, 0) is 27.2 Å². The van der Waals surface area contributed by atoms with Gasteiger partial charge in [-0.25, -0.2) is 4.79 Å². The van der Waals surface area contributed by atoms with Gasteiger partial charge in [-0.1, -0.05) is 18.2 Å². The zero-order chi connectivity index (χ0) is 12.3. The molecule has 1 aliphatic rings. The van der Waals surface area contributed by atoms with E-state index in [0.717, 1.165) is 17.5 Å². The van der Waals surface area contributed by atoms with Gasteiger partial charge in [0.15, 0.2) is 0 Å². The van der Waals surface area contributed by atoms with Crippen molar-refractivity contribution in [2.45, 2.75) is 19.3 Å². The minimum absolute atomic E-state index is 0.301. The van der Waals surface area contributed by atoms with Crippen LogP contribution in [0.3, 0.4) is 0 Å². The average molecular weight is 230 g/mol. The molecule has 0 aliphatic heterocycles. The summed E-state index contributed by atoms with van der Waals surface area (Å²) >= 11 is 0. The van der Waals surface area contributed by atoms with Crippen LogP contribution in [0.15, 0.2) is 24.3 Å². The molecule has 0 N–H and O–H groups in total. The number of methoxy groups -OCH3 is 1. The van der Waals surface area contributed by atoms with E-state index in [9.17, 15) is 9.59 Å². The Morgan fingerprint density at radius 2 is 2.12 bits per heavy atom. The number of fused-ring (bicyclic) bond motifs is 1. The van der Waals surface area contributed by atoms with E-state index in [2.05, 4.69) is 4.74 Å². The largest absolute Gasteiger partial charge is 0.466 e. The molecule has 1 aromatic rings. The Hall–Kier alpha value is -1.90. The third-order valence-corrected chi connectivity index (χ3v) is 2.90. The SMILES string of the molecule is COC(=O)C=Cc1ccc2c(c1)CCC(=O)C2. The summed E-state index contributed by atoms with van der Waals surface area (Å²) in [6, 6.07) is 5.90. The second-order valence-corrected chi connectivity index (χ2v) is 4.10. The van der Waals surface area contributed by atoms with Crippen molar-refractivity contribution in [1.82, 2.24) is 0 Å². The smallest absolute Gasteiger partial charge is 0.330 e. The lowest BCUT2D eigenvalue weighted by Crippen LogP contribution is -2.13. The number of rotatable bonds is 2. The maximum Gasteiger partial charge on any atom is 0.330 e. The predicted octanol–water partition coefficient (Wildman–Crippen LogP) is 1.93. The van der Waals surface area contributed by atoms with Crippen LogP contribution in [0, 0.1) is 0 Å². The van der Waals surface area contributed by atoms with Crippen LogP contribution >= 0.6 is 0 Å². The molecule has 0 radical (unpaired) electrons. The fourth-order valence-corrected chi connectivity index (χ4v) is 1.96. The summed E-state index contributed by atoms with van der Waals surface area (Å²) in [4.78, 5) is 22.3. The molecule has 88 valence electrons. The summed E-state index contributed by atoms with van der Waals surface area (Å²) in [5.74, 6) is -0.0618. The van der Waals surface area contributed by atoms with Gasteiger partial charge in [-0.3, -0.25) is 4.79 Å². The normalized spacial score (nSPS) is 14.8. The topological polar surface area (TPSA) is 43.4 Å². The van der Waals surface area contributed by atoms with Crippen LogP contribution in [0.4, 0.5) is 0 Å². The maximum absolute atomic E-state index is 11.3. The first-order valence-corrected chi connectivity index (χ1v) is 5.58. The number of carbonyl (C=O) groups is 2. The molecule has 0 heterocycles. The van der Waals surface area contributed by atoms with E-state index in [4.69, 9.17) is 0 Å². The van der Waals surface area contributed by atoms with Crippen molar-refractivity contribution in [3.05, 3.63) is 41.0 Å². The first-order chi connectivity index (χ1) is 8.19. The fraction of sp³-hybridized carbons (Fsp3) is 0.286. The zero-order valence-electron chi connectivity index (χ0n) is 9.73. The van der Waals surface area contributed by atoms with Gasteiger partial charge < -0.3 is 4.74 Å². The summed E-state index contributed by atoms with van der Waals surface area (Å²) in [5.41, 5.74) is 3.27. The molecule has 0 spiro atoms. The lowest BCUT2D eigenvalue weighted by molar-refractivity contribution is -0.134. The number of hydrogen-bond acceptors (Lipinski definition) is 3. The average Bonchev–Trinajstić information content (AvgIpc) is 2.35. The molecule has 17 heavy (non-hydrogen) atoms.